The van der Waals surface area contributed by atoms with Gasteiger partial charge in [-0.05, 0) is 56.5 Å². The van der Waals surface area contributed by atoms with Gasteiger partial charge in [-0.25, -0.2) is 18.6 Å². The topological polar surface area (TPSA) is 71.9 Å². The Labute approximate surface area is 192 Å². The van der Waals surface area contributed by atoms with Crippen molar-refractivity contribution < 1.29 is 28.2 Å². The number of hydrogen-bond acceptors (Lipinski definition) is 6. The summed E-state index contributed by atoms with van der Waals surface area (Å²) >= 11 is 0. The van der Waals surface area contributed by atoms with Crippen LogP contribution in [0.25, 0.3) is 11.1 Å². The molecule has 0 radical (unpaired) electrons. The van der Waals surface area contributed by atoms with Crippen molar-refractivity contribution in [3.63, 3.8) is 0 Å². The highest BCUT2D eigenvalue weighted by Crippen LogP contribution is 2.36. The summed E-state index contributed by atoms with van der Waals surface area (Å²) in [7, 11) is 0. The highest BCUT2D eigenvalue weighted by molar-refractivity contribution is 5.89. The number of carbonyl (C=O) groups is 1. The van der Waals surface area contributed by atoms with Gasteiger partial charge in [-0.15, -0.1) is 0 Å². The van der Waals surface area contributed by atoms with E-state index >= 15 is 0 Å². The first-order valence-electron chi connectivity index (χ1n) is 11.3. The van der Waals surface area contributed by atoms with E-state index in [4.69, 9.17) is 9.47 Å². The Kier molecular flexibility index (Phi) is 6.53. The summed E-state index contributed by atoms with van der Waals surface area (Å²) in [5.41, 5.74) is 1.00. The van der Waals surface area contributed by atoms with E-state index in [1.807, 2.05) is 13.8 Å². The minimum atomic E-state index is -0.885. The summed E-state index contributed by atoms with van der Waals surface area (Å²) in [5, 5.41) is 11.2. The van der Waals surface area contributed by atoms with Crippen LogP contribution in [-0.4, -0.2) is 58.5 Å². The molecule has 1 atom stereocenters. The van der Waals surface area contributed by atoms with Gasteiger partial charge in [-0.1, -0.05) is 0 Å². The molecule has 6 nitrogen and oxygen atoms in total. The fourth-order valence-electron chi connectivity index (χ4n) is 4.99. The smallest absolute Gasteiger partial charge is 0.356 e. The molecule has 1 aromatic carbocycles. The van der Waals surface area contributed by atoms with Gasteiger partial charge in [0.25, 0.3) is 0 Å². The average molecular weight is 461 g/mol. The van der Waals surface area contributed by atoms with Crippen molar-refractivity contribution in [2.75, 3.05) is 26.3 Å². The number of fused-ring (bicyclic) bond motifs is 1. The second-order valence-corrected chi connectivity index (χ2v) is 9.54. The van der Waals surface area contributed by atoms with Crippen LogP contribution in [0.2, 0.25) is 0 Å². The van der Waals surface area contributed by atoms with Gasteiger partial charge >= 0.3 is 5.97 Å². The van der Waals surface area contributed by atoms with Crippen LogP contribution >= 0.6 is 0 Å². The molecule has 0 aliphatic carbocycles. The first kappa shape index (κ1) is 23.7. The first-order valence-corrected chi connectivity index (χ1v) is 11.3. The van der Waals surface area contributed by atoms with Crippen LogP contribution in [0.5, 0.6) is 0 Å². The van der Waals surface area contributed by atoms with Crippen molar-refractivity contribution in [3.05, 3.63) is 52.9 Å². The fourth-order valence-corrected chi connectivity index (χ4v) is 4.99. The van der Waals surface area contributed by atoms with Gasteiger partial charge in [0, 0.05) is 44.1 Å². The molecule has 1 saturated heterocycles. The van der Waals surface area contributed by atoms with Crippen molar-refractivity contribution in [2.24, 2.45) is 0 Å². The number of benzene rings is 1. The number of ether oxygens (including phenoxy) is 2. The lowest BCUT2D eigenvalue weighted by atomic mass is 9.83. The number of hydrogen-bond donors (Lipinski definition) is 1. The monoisotopic (exact) mass is 460 g/mol. The van der Waals surface area contributed by atoms with Gasteiger partial charge in [0.1, 0.15) is 17.3 Å². The fraction of sp³-hybridized carbons (Fsp3) is 0.520. The van der Waals surface area contributed by atoms with Crippen LogP contribution < -0.4 is 0 Å². The molecule has 0 bridgehead atoms. The highest BCUT2D eigenvalue weighted by Gasteiger charge is 2.41. The zero-order valence-electron chi connectivity index (χ0n) is 19.3. The first-order chi connectivity index (χ1) is 15.6. The van der Waals surface area contributed by atoms with Crippen LogP contribution in [0.3, 0.4) is 0 Å². The number of carbonyl (C=O) groups excluding carboxylic acids is 1. The maximum atomic E-state index is 14.7. The SMILES string of the molecule is CCOC(=O)c1cc(-c2ccc(F)cc2F)c2c(n1)CN(C[C@]1(O)CCOC(C)(C)C1)CC2. The van der Waals surface area contributed by atoms with Crippen molar-refractivity contribution in [2.45, 2.75) is 57.8 Å². The summed E-state index contributed by atoms with van der Waals surface area (Å²) in [5.74, 6) is -1.95. The maximum absolute atomic E-state index is 14.7. The molecule has 178 valence electrons. The summed E-state index contributed by atoms with van der Waals surface area (Å²) < 4.78 is 39.0. The molecule has 0 amide bonds. The third kappa shape index (κ3) is 5.23. The maximum Gasteiger partial charge on any atom is 0.356 e. The molecule has 2 aromatic rings. The Bertz CT molecular complexity index is 1060. The van der Waals surface area contributed by atoms with Gasteiger partial charge in [0.15, 0.2) is 0 Å². The summed E-state index contributed by atoms with van der Waals surface area (Å²) in [6, 6.07) is 4.95. The van der Waals surface area contributed by atoms with Gasteiger partial charge in [-0.3, -0.25) is 4.90 Å². The van der Waals surface area contributed by atoms with Crippen LogP contribution in [0, 0.1) is 11.6 Å². The van der Waals surface area contributed by atoms with Crippen molar-refractivity contribution >= 4 is 5.97 Å². The van der Waals surface area contributed by atoms with E-state index in [1.165, 1.54) is 18.2 Å². The van der Waals surface area contributed by atoms with Crippen LogP contribution in [0.4, 0.5) is 8.78 Å². The minimum Gasteiger partial charge on any atom is -0.461 e. The molecule has 0 saturated carbocycles. The van der Waals surface area contributed by atoms with Gasteiger partial charge < -0.3 is 14.6 Å². The average Bonchev–Trinajstić information content (AvgIpc) is 2.72. The molecular formula is C25H30F2N2O4. The Morgan fingerprint density at radius 3 is 2.76 bits per heavy atom. The van der Waals surface area contributed by atoms with Crippen molar-refractivity contribution in [1.82, 2.24) is 9.88 Å². The predicted octanol–water partition coefficient (Wildman–Crippen LogP) is 3.88. The van der Waals surface area contributed by atoms with Gasteiger partial charge in [-0.2, -0.15) is 0 Å². The van der Waals surface area contributed by atoms with E-state index in [-0.39, 0.29) is 17.9 Å². The molecule has 0 unspecified atom stereocenters. The molecule has 3 heterocycles. The van der Waals surface area contributed by atoms with E-state index < -0.39 is 28.8 Å². The number of aromatic nitrogens is 1. The number of β-amino-alcohol motifs (C(OH)–C–C–N with tert-alkyl or cyclic N) is 1. The zero-order chi connectivity index (χ0) is 23.8. The Morgan fingerprint density at radius 1 is 1.27 bits per heavy atom. The van der Waals surface area contributed by atoms with E-state index in [0.29, 0.717) is 56.8 Å². The van der Waals surface area contributed by atoms with Crippen molar-refractivity contribution in [1.29, 1.82) is 0 Å². The van der Waals surface area contributed by atoms with E-state index in [2.05, 4.69) is 9.88 Å². The largest absolute Gasteiger partial charge is 0.461 e. The third-order valence-electron chi connectivity index (χ3n) is 6.30. The van der Waals surface area contributed by atoms with E-state index in [9.17, 15) is 18.7 Å². The van der Waals surface area contributed by atoms with Crippen LogP contribution in [-0.2, 0) is 22.4 Å². The van der Waals surface area contributed by atoms with Crippen molar-refractivity contribution in [3.8, 4) is 11.1 Å². The molecule has 1 N–H and O–H groups in total. The van der Waals surface area contributed by atoms with Gasteiger partial charge in [0.2, 0.25) is 0 Å². The molecule has 2 aliphatic rings. The third-order valence-corrected chi connectivity index (χ3v) is 6.30. The highest BCUT2D eigenvalue weighted by atomic mass is 19.1. The molecule has 0 spiro atoms. The lowest BCUT2D eigenvalue weighted by Crippen LogP contribution is -2.53. The predicted molar refractivity (Wildman–Crippen MR) is 119 cm³/mol. The minimum absolute atomic E-state index is 0.0853. The van der Waals surface area contributed by atoms with Crippen LogP contribution in [0.1, 0.15) is 55.4 Å². The standard InChI is InChI=1S/C25H30F2N2O4/c1-4-32-23(30)21-12-19(17-6-5-16(26)11-20(17)27)18-7-9-29(13-22(18)28-21)15-25(31)8-10-33-24(2,3)14-25/h5-6,11-12,31H,4,7-10,13-15H2,1-3H3/t25-/m0/s1. The second-order valence-electron chi connectivity index (χ2n) is 9.54. The molecule has 8 heteroatoms. The number of rotatable bonds is 5. The molecule has 2 aliphatic heterocycles. The summed E-state index contributed by atoms with van der Waals surface area (Å²) in [6.07, 6.45) is 1.63. The molecular weight excluding hydrogens is 430 g/mol. The molecule has 4 rings (SSSR count). The Morgan fingerprint density at radius 2 is 2.06 bits per heavy atom. The van der Waals surface area contributed by atoms with E-state index in [1.54, 1.807) is 6.92 Å². The molecule has 33 heavy (non-hydrogen) atoms. The lowest BCUT2D eigenvalue weighted by molar-refractivity contribution is -0.152. The summed E-state index contributed by atoms with van der Waals surface area (Å²) in [4.78, 5) is 19.1. The normalized spacial score (nSPS) is 22.6. The summed E-state index contributed by atoms with van der Waals surface area (Å²) in [6.45, 7) is 7.83. The zero-order valence-corrected chi connectivity index (χ0v) is 19.3. The number of pyridine rings is 1. The lowest BCUT2D eigenvalue weighted by Gasteiger charge is -2.44. The quantitative estimate of drug-likeness (QED) is 0.683. The number of esters is 1. The number of aliphatic hydroxyl groups is 1. The Hall–Kier alpha value is -2.42. The second kappa shape index (κ2) is 9.08. The van der Waals surface area contributed by atoms with E-state index in [0.717, 1.165) is 11.6 Å². The number of halogens is 2. The Balaban J connectivity index is 1.67. The van der Waals surface area contributed by atoms with Gasteiger partial charge in [0.05, 0.1) is 30.1 Å². The molecule has 1 aromatic heterocycles. The van der Waals surface area contributed by atoms with Crippen LogP contribution in [0.15, 0.2) is 24.3 Å². The number of nitrogens with zero attached hydrogens (tertiary/aromatic N) is 2. The molecule has 1 fully saturated rings.